The maximum atomic E-state index is 5.97. The van der Waals surface area contributed by atoms with Gasteiger partial charge in [0.25, 0.3) is 0 Å². The minimum atomic E-state index is 0.393. The summed E-state index contributed by atoms with van der Waals surface area (Å²) in [6, 6.07) is 0. The zero-order chi connectivity index (χ0) is 9.84. The van der Waals surface area contributed by atoms with Crippen molar-refractivity contribution in [2.45, 2.75) is 65.6 Å². The lowest BCUT2D eigenvalue weighted by Gasteiger charge is -2.35. The number of ether oxygens (including phenoxy) is 1. The molecule has 13 heavy (non-hydrogen) atoms. The van der Waals surface area contributed by atoms with Crippen molar-refractivity contribution < 1.29 is 4.74 Å². The average Bonchev–Trinajstić information content (AvgIpc) is 2.03. The van der Waals surface area contributed by atoms with Gasteiger partial charge in [0.15, 0.2) is 0 Å². The molecule has 1 saturated carbocycles. The summed E-state index contributed by atoms with van der Waals surface area (Å²) in [5.41, 5.74) is 0. The fourth-order valence-corrected chi connectivity index (χ4v) is 2.41. The zero-order valence-corrected chi connectivity index (χ0v) is 9.55. The van der Waals surface area contributed by atoms with Crippen LogP contribution in [0.4, 0.5) is 0 Å². The summed E-state index contributed by atoms with van der Waals surface area (Å²) in [6.07, 6.45) is 6.34. The van der Waals surface area contributed by atoms with E-state index in [1.807, 2.05) is 0 Å². The molecular formula is C12H24O. The summed E-state index contributed by atoms with van der Waals surface area (Å²) in [4.78, 5) is 0. The molecule has 78 valence electrons. The Labute approximate surface area is 82.9 Å². The predicted octanol–water partition coefficient (Wildman–Crippen LogP) is 3.63. The van der Waals surface area contributed by atoms with Gasteiger partial charge < -0.3 is 4.74 Å². The maximum absolute atomic E-state index is 5.97. The smallest absolute Gasteiger partial charge is 0.0609 e. The van der Waals surface area contributed by atoms with Gasteiger partial charge >= 0.3 is 0 Å². The van der Waals surface area contributed by atoms with E-state index in [4.69, 9.17) is 4.74 Å². The topological polar surface area (TPSA) is 9.23 Å². The van der Waals surface area contributed by atoms with Crippen LogP contribution >= 0.6 is 0 Å². The van der Waals surface area contributed by atoms with E-state index in [1.54, 1.807) is 0 Å². The number of hydrogen-bond acceptors (Lipinski definition) is 1. The molecule has 0 spiro atoms. The van der Waals surface area contributed by atoms with Gasteiger partial charge in [0, 0.05) is 0 Å². The molecule has 0 aliphatic heterocycles. The van der Waals surface area contributed by atoms with Crippen LogP contribution in [0.5, 0.6) is 0 Å². The Balaban J connectivity index is 2.46. The molecule has 0 aromatic rings. The third-order valence-electron chi connectivity index (χ3n) is 3.06. The highest BCUT2D eigenvalue weighted by Gasteiger charge is 2.28. The third kappa shape index (κ3) is 3.30. The van der Waals surface area contributed by atoms with E-state index in [0.29, 0.717) is 12.2 Å². The largest absolute Gasteiger partial charge is 0.375 e. The van der Waals surface area contributed by atoms with Crippen molar-refractivity contribution in [3.8, 4) is 0 Å². The number of hydrogen-bond donors (Lipinski definition) is 0. The van der Waals surface area contributed by atoms with E-state index in [1.165, 1.54) is 25.7 Å². The molecule has 0 radical (unpaired) electrons. The highest BCUT2D eigenvalue weighted by Crippen LogP contribution is 2.32. The van der Waals surface area contributed by atoms with Crippen LogP contribution < -0.4 is 0 Å². The van der Waals surface area contributed by atoms with Gasteiger partial charge in [-0.25, -0.2) is 0 Å². The first kappa shape index (κ1) is 11.0. The van der Waals surface area contributed by atoms with Crippen LogP contribution in [0.15, 0.2) is 0 Å². The lowest BCUT2D eigenvalue weighted by molar-refractivity contribution is -0.0569. The molecule has 1 rings (SSSR count). The van der Waals surface area contributed by atoms with Crippen molar-refractivity contribution in [2.24, 2.45) is 11.8 Å². The molecule has 0 aromatic carbocycles. The molecule has 1 fully saturated rings. The van der Waals surface area contributed by atoms with Crippen LogP contribution in [-0.2, 0) is 4.74 Å². The Hall–Kier alpha value is -0.0400. The van der Waals surface area contributed by atoms with Crippen LogP contribution in [0, 0.1) is 11.8 Å². The van der Waals surface area contributed by atoms with Gasteiger partial charge in [0.1, 0.15) is 0 Å². The van der Waals surface area contributed by atoms with Crippen molar-refractivity contribution in [1.82, 2.24) is 0 Å². The van der Waals surface area contributed by atoms with E-state index in [9.17, 15) is 0 Å². The summed E-state index contributed by atoms with van der Waals surface area (Å²) >= 11 is 0. The molecule has 1 heteroatoms. The first-order valence-corrected chi connectivity index (χ1v) is 5.76. The van der Waals surface area contributed by atoms with Crippen molar-refractivity contribution in [2.75, 3.05) is 0 Å². The van der Waals surface area contributed by atoms with Gasteiger partial charge in [-0.3, -0.25) is 0 Å². The lowest BCUT2D eigenvalue weighted by atomic mass is 9.79. The summed E-state index contributed by atoms with van der Waals surface area (Å²) < 4.78 is 5.97. The minimum absolute atomic E-state index is 0.393. The van der Waals surface area contributed by atoms with Gasteiger partial charge in [-0.1, -0.05) is 26.7 Å². The van der Waals surface area contributed by atoms with Crippen LogP contribution in [0.3, 0.4) is 0 Å². The summed E-state index contributed by atoms with van der Waals surface area (Å²) in [5, 5.41) is 0. The fourth-order valence-electron chi connectivity index (χ4n) is 2.41. The quantitative estimate of drug-likeness (QED) is 0.651. The second kappa shape index (κ2) is 4.99. The summed E-state index contributed by atoms with van der Waals surface area (Å²) in [5.74, 6) is 1.58. The summed E-state index contributed by atoms with van der Waals surface area (Å²) in [6.45, 7) is 8.94. The lowest BCUT2D eigenvalue weighted by Crippen LogP contribution is -2.33. The molecule has 1 aliphatic rings. The maximum Gasteiger partial charge on any atom is 0.0609 e. The van der Waals surface area contributed by atoms with Crippen LogP contribution in [0.2, 0.25) is 0 Å². The van der Waals surface area contributed by atoms with Gasteiger partial charge in [-0.05, 0) is 38.5 Å². The van der Waals surface area contributed by atoms with Gasteiger partial charge in [0.2, 0.25) is 0 Å². The second-order valence-corrected chi connectivity index (χ2v) is 4.92. The summed E-state index contributed by atoms with van der Waals surface area (Å²) in [7, 11) is 0. The third-order valence-corrected chi connectivity index (χ3v) is 3.06. The SMILES string of the molecule is CC(C)O[C@@H]1CCCC[C@H]1C(C)C. The van der Waals surface area contributed by atoms with Crippen LogP contribution in [-0.4, -0.2) is 12.2 Å². The van der Waals surface area contributed by atoms with Crippen molar-refractivity contribution in [3.05, 3.63) is 0 Å². The Morgan fingerprint density at radius 3 is 2.15 bits per heavy atom. The van der Waals surface area contributed by atoms with Crippen LogP contribution in [0.1, 0.15) is 53.4 Å². The Kier molecular flexibility index (Phi) is 4.24. The molecule has 0 amide bonds. The highest BCUT2D eigenvalue weighted by atomic mass is 16.5. The molecular weight excluding hydrogens is 160 g/mol. The van der Waals surface area contributed by atoms with E-state index in [0.717, 1.165) is 11.8 Å². The first-order valence-electron chi connectivity index (χ1n) is 5.76. The molecule has 0 heterocycles. The molecule has 0 saturated heterocycles. The fraction of sp³-hybridized carbons (Fsp3) is 1.00. The van der Waals surface area contributed by atoms with Crippen LogP contribution in [0.25, 0.3) is 0 Å². The van der Waals surface area contributed by atoms with E-state index in [-0.39, 0.29) is 0 Å². The minimum Gasteiger partial charge on any atom is -0.375 e. The number of rotatable bonds is 3. The average molecular weight is 184 g/mol. The van der Waals surface area contributed by atoms with Crippen molar-refractivity contribution in [3.63, 3.8) is 0 Å². The van der Waals surface area contributed by atoms with E-state index < -0.39 is 0 Å². The van der Waals surface area contributed by atoms with Crippen molar-refractivity contribution in [1.29, 1.82) is 0 Å². The molecule has 0 bridgehead atoms. The molecule has 2 atom stereocenters. The van der Waals surface area contributed by atoms with E-state index >= 15 is 0 Å². The molecule has 0 unspecified atom stereocenters. The van der Waals surface area contributed by atoms with Crippen molar-refractivity contribution >= 4 is 0 Å². The predicted molar refractivity (Wildman–Crippen MR) is 56.8 cm³/mol. The molecule has 1 aliphatic carbocycles. The van der Waals surface area contributed by atoms with E-state index in [2.05, 4.69) is 27.7 Å². The Morgan fingerprint density at radius 1 is 1.00 bits per heavy atom. The standard InChI is InChI=1S/C12H24O/c1-9(2)11-7-5-6-8-12(11)13-10(3)4/h9-12H,5-8H2,1-4H3/t11-,12+/m0/s1. The Bertz CT molecular complexity index is 140. The first-order chi connectivity index (χ1) is 6.11. The zero-order valence-electron chi connectivity index (χ0n) is 9.55. The normalized spacial score (nSPS) is 30.0. The van der Waals surface area contributed by atoms with Gasteiger partial charge in [0.05, 0.1) is 12.2 Å². The molecule has 0 N–H and O–H groups in total. The highest BCUT2D eigenvalue weighted by molar-refractivity contribution is 4.78. The molecule has 0 aromatic heterocycles. The van der Waals surface area contributed by atoms with Gasteiger partial charge in [-0.15, -0.1) is 0 Å². The van der Waals surface area contributed by atoms with Gasteiger partial charge in [-0.2, -0.15) is 0 Å². The monoisotopic (exact) mass is 184 g/mol. The molecule has 1 nitrogen and oxygen atoms in total. The Morgan fingerprint density at radius 2 is 1.62 bits per heavy atom. The second-order valence-electron chi connectivity index (χ2n) is 4.92.